The van der Waals surface area contributed by atoms with Gasteiger partial charge in [0.1, 0.15) is 10.6 Å². The van der Waals surface area contributed by atoms with Crippen LogP contribution in [-0.2, 0) is 0 Å². The van der Waals surface area contributed by atoms with Gasteiger partial charge in [-0.3, -0.25) is 0 Å². The van der Waals surface area contributed by atoms with E-state index in [0.29, 0.717) is 5.55 Å². The molecule has 2 aromatic heterocycles. The number of aromatic nitrogens is 1. The molecule has 0 radical (unpaired) electrons. The van der Waals surface area contributed by atoms with E-state index in [1.807, 2.05) is 72.8 Å². The molecule has 0 saturated carbocycles. The third kappa shape index (κ3) is 3.26. The number of nitrogens with zero attached hydrogens (tertiary/aromatic N) is 2. The predicted octanol–water partition coefficient (Wildman–Crippen LogP) is 6.46. The van der Waals surface area contributed by atoms with Crippen LogP contribution in [0.1, 0.15) is 0 Å². The minimum Gasteiger partial charge on any atom is -0.438 e. The number of rotatable bonds is 3. The van der Waals surface area contributed by atoms with E-state index in [1.54, 1.807) is 11.3 Å². The average molecular weight is 380 g/mol. The van der Waals surface area contributed by atoms with Gasteiger partial charge in [-0.25, -0.2) is 9.98 Å². The second-order valence-corrected chi connectivity index (χ2v) is 7.21. The van der Waals surface area contributed by atoms with Crippen molar-refractivity contribution in [1.29, 1.82) is 0 Å². The van der Waals surface area contributed by atoms with Crippen molar-refractivity contribution in [3.63, 3.8) is 0 Å². The highest BCUT2D eigenvalue weighted by Gasteiger charge is 2.12. The Morgan fingerprint density at radius 1 is 0.786 bits per heavy atom. The summed E-state index contributed by atoms with van der Waals surface area (Å²) in [7, 11) is 0. The van der Waals surface area contributed by atoms with Crippen molar-refractivity contribution >= 4 is 28.0 Å². The summed E-state index contributed by atoms with van der Waals surface area (Å²) >= 11 is 1.60. The summed E-state index contributed by atoms with van der Waals surface area (Å²) < 4.78 is 6.17. The van der Waals surface area contributed by atoms with Crippen LogP contribution in [0.2, 0.25) is 0 Å². The van der Waals surface area contributed by atoms with E-state index >= 15 is 0 Å². The van der Waals surface area contributed by atoms with Crippen molar-refractivity contribution in [3.05, 3.63) is 102 Å². The average Bonchev–Trinajstić information content (AvgIpc) is 3.25. The van der Waals surface area contributed by atoms with E-state index in [2.05, 4.69) is 23.6 Å². The Morgan fingerprint density at radius 3 is 2.32 bits per heavy atom. The Kier molecular flexibility index (Phi) is 4.31. The van der Waals surface area contributed by atoms with Gasteiger partial charge in [-0.05, 0) is 24.3 Å². The fraction of sp³-hybridized carbons (Fsp3) is 0. The zero-order valence-corrected chi connectivity index (χ0v) is 15.8. The Morgan fingerprint density at radius 2 is 1.50 bits per heavy atom. The van der Waals surface area contributed by atoms with Crippen LogP contribution in [-0.4, -0.2) is 4.98 Å². The van der Waals surface area contributed by atoms with Crippen molar-refractivity contribution in [2.45, 2.75) is 0 Å². The fourth-order valence-corrected chi connectivity index (χ4v) is 3.90. The Hall–Kier alpha value is -3.50. The first kappa shape index (κ1) is 16.7. The summed E-state index contributed by atoms with van der Waals surface area (Å²) in [6.07, 6.45) is 0. The van der Waals surface area contributed by atoms with Gasteiger partial charge in [0.2, 0.25) is 5.55 Å². The van der Waals surface area contributed by atoms with Crippen LogP contribution in [0.5, 0.6) is 0 Å². The molecule has 3 aromatic carbocycles. The summed E-state index contributed by atoms with van der Waals surface area (Å²) in [5, 5.41) is 4.00. The van der Waals surface area contributed by atoms with Gasteiger partial charge in [-0.2, -0.15) is 0 Å². The molecule has 0 atom stereocenters. The van der Waals surface area contributed by atoms with Crippen molar-refractivity contribution < 1.29 is 4.42 Å². The number of thiazole rings is 1. The number of hydrogen-bond donors (Lipinski definition) is 0. The maximum atomic E-state index is 6.17. The lowest BCUT2D eigenvalue weighted by Gasteiger charge is -2.03. The van der Waals surface area contributed by atoms with Gasteiger partial charge < -0.3 is 4.42 Å². The standard InChI is InChI=1S/C24H16N2OS/c1-3-9-17(10-4-1)21-16-28-24(26-21)20-15-18-11-7-8-14-22(18)27-23(20)25-19-12-5-2-6-13-19/h1-16H. The van der Waals surface area contributed by atoms with Gasteiger partial charge >= 0.3 is 0 Å². The molecule has 0 unspecified atom stereocenters. The second kappa shape index (κ2) is 7.25. The minimum absolute atomic E-state index is 0.568. The molecule has 0 amide bonds. The van der Waals surface area contributed by atoms with E-state index < -0.39 is 0 Å². The summed E-state index contributed by atoms with van der Waals surface area (Å²) in [5.74, 6) is 0. The summed E-state index contributed by atoms with van der Waals surface area (Å²) in [5.41, 5.74) is 5.18. The summed E-state index contributed by atoms with van der Waals surface area (Å²) in [6.45, 7) is 0. The highest BCUT2D eigenvalue weighted by Crippen LogP contribution is 2.29. The lowest BCUT2D eigenvalue weighted by Crippen LogP contribution is -2.05. The Bertz CT molecular complexity index is 1300. The van der Waals surface area contributed by atoms with Gasteiger partial charge in [-0.1, -0.05) is 66.7 Å². The SMILES string of the molecule is c1ccc(N=c2oc3ccccc3cc2-c2nc(-c3ccccc3)cs2)cc1. The molecule has 5 aromatic rings. The van der Waals surface area contributed by atoms with Gasteiger partial charge in [-0.15, -0.1) is 11.3 Å². The quantitative estimate of drug-likeness (QED) is 0.360. The first-order valence-corrected chi connectivity index (χ1v) is 9.89. The molecule has 0 aliphatic rings. The lowest BCUT2D eigenvalue weighted by atomic mass is 10.1. The highest BCUT2D eigenvalue weighted by molar-refractivity contribution is 7.13. The third-order valence-corrected chi connectivity index (χ3v) is 5.32. The second-order valence-electron chi connectivity index (χ2n) is 6.35. The molecule has 0 N–H and O–H groups in total. The maximum Gasteiger partial charge on any atom is 0.230 e. The van der Waals surface area contributed by atoms with Crippen LogP contribution >= 0.6 is 11.3 Å². The van der Waals surface area contributed by atoms with Crippen LogP contribution < -0.4 is 5.55 Å². The zero-order valence-electron chi connectivity index (χ0n) is 14.9. The maximum absolute atomic E-state index is 6.17. The number of para-hydroxylation sites is 2. The molecule has 3 nitrogen and oxygen atoms in total. The van der Waals surface area contributed by atoms with Crippen LogP contribution in [0.4, 0.5) is 5.69 Å². The molecule has 0 spiro atoms. The van der Waals surface area contributed by atoms with Crippen LogP contribution in [0.15, 0.2) is 106 Å². The molecule has 0 aliphatic carbocycles. The Balaban J connectivity index is 1.71. The van der Waals surface area contributed by atoms with Gasteiger partial charge in [0.25, 0.3) is 0 Å². The first-order chi connectivity index (χ1) is 13.9. The van der Waals surface area contributed by atoms with Crippen molar-refractivity contribution in [3.8, 4) is 21.8 Å². The lowest BCUT2D eigenvalue weighted by molar-refractivity contribution is 0.547. The zero-order chi connectivity index (χ0) is 18.8. The molecular weight excluding hydrogens is 364 g/mol. The van der Waals surface area contributed by atoms with Crippen LogP contribution in [0.3, 0.4) is 0 Å². The normalized spacial score (nSPS) is 11.8. The van der Waals surface area contributed by atoms with E-state index in [0.717, 1.165) is 38.5 Å². The predicted molar refractivity (Wildman–Crippen MR) is 114 cm³/mol. The molecule has 5 rings (SSSR count). The molecule has 2 heterocycles. The van der Waals surface area contributed by atoms with E-state index in [4.69, 9.17) is 14.4 Å². The molecule has 0 fully saturated rings. The summed E-state index contributed by atoms with van der Waals surface area (Å²) in [6, 6.07) is 30.1. The van der Waals surface area contributed by atoms with Crippen LogP contribution in [0, 0.1) is 0 Å². The van der Waals surface area contributed by atoms with E-state index in [-0.39, 0.29) is 0 Å². The topological polar surface area (TPSA) is 38.4 Å². The first-order valence-electron chi connectivity index (χ1n) is 9.01. The smallest absolute Gasteiger partial charge is 0.230 e. The van der Waals surface area contributed by atoms with Gasteiger partial charge in [0, 0.05) is 16.3 Å². The molecule has 0 bridgehead atoms. The molecule has 28 heavy (non-hydrogen) atoms. The largest absolute Gasteiger partial charge is 0.438 e. The van der Waals surface area contributed by atoms with Crippen molar-refractivity contribution in [1.82, 2.24) is 4.98 Å². The molecule has 0 aliphatic heterocycles. The van der Waals surface area contributed by atoms with Crippen molar-refractivity contribution in [2.75, 3.05) is 0 Å². The van der Waals surface area contributed by atoms with Crippen molar-refractivity contribution in [2.24, 2.45) is 4.99 Å². The fourth-order valence-electron chi connectivity index (χ4n) is 3.06. The third-order valence-electron chi connectivity index (χ3n) is 4.45. The monoisotopic (exact) mass is 380 g/mol. The highest BCUT2D eigenvalue weighted by atomic mass is 32.1. The van der Waals surface area contributed by atoms with Gasteiger partial charge in [0.05, 0.1) is 16.9 Å². The molecular formula is C24H16N2OS. The van der Waals surface area contributed by atoms with Gasteiger partial charge in [0.15, 0.2) is 0 Å². The van der Waals surface area contributed by atoms with Crippen LogP contribution in [0.25, 0.3) is 32.8 Å². The minimum atomic E-state index is 0.568. The molecule has 134 valence electrons. The molecule has 4 heteroatoms. The van der Waals surface area contributed by atoms with E-state index in [9.17, 15) is 0 Å². The number of fused-ring (bicyclic) bond motifs is 1. The Labute approximate surface area is 166 Å². The number of benzene rings is 3. The number of hydrogen-bond acceptors (Lipinski definition) is 4. The molecule has 0 saturated heterocycles. The summed E-state index contributed by atoms with van der Waals surface area (Å²) in [4.78, 5) is 9.61. The van der Waals surface area contributed by atoms with E-state index in [1.165, 1.54) is 0 Å².